The molecule has 0 aliphatic heterocycles. The average Bonchev–Trinajstić information content (AvgIpc) is 1.83. The number of hydrogen-bond acceptors (Lipinski definition) is 1. The Hall–Kier alpha value is 0.611. The highest BCUT2D eigenvalue weighted by molar-refractivity contribution is 7.22. The third-order valence-corrected chi connectivity index (χ3v) is 4.33. The smallest absolute Gasteiger partial charge is 0.116 e. The molecule has 0 aromatic heterocycles. The molecule has 0 rings (SSSR count). The van der Waals surface area contributed by atoms with E-state index >= 15 is 0 Å². The maximum atomic E-state index is 3.47. The molecule has 43 valence electrons. The second kappa shape index (κ2) is 5.74. The van der Waals surface area contributed by atoms with E-state index in [1.165, 1.54) is 13.1 Å². The van der Waals surface area contributed by atoms with Crippen molar-refractivity contribution >= 4 is 27.5 Å². The van der Waals surface area contributed by atoms with Crippen LogP contribution in [-0.4, -0.2) is 45.2 Å². The summed E-state index contributed by atoms with van der Waals surface area (Å²) < 4.78 is 2.42. The minimum Gasteiger partial charge on any atom is -0.329 e. The summed E-state index contributed by atoms with van der Waals surface area (Å²) in [5.74, 6) is 0. The number of rotatable bonds is 4. The van der Waals surface area contributed by atoms with E-state index in [1.807, 2.05) is 0 Å². The third kappa shape index (κ3) is 3.59. The van der Waals surface area contributed by atoms with E-state index in [4.69, 9.17) is 0 Å². The lowest BCUT2D eigenvalue weighted by Crippen LogP contribution is -2.31. The molecule has 0 aromatic carbocycles. The molecule has 0 atom stereocenters. The molecule has 1 nitrogen and oxygen atoms in total. The van der Waals surface area contributed by atoms with Crippen LogP contribution in [0, 0.1) is 0 Å². The zero-order valence-corrected chi connectivity index (χ0v) is 8.36. The van der Waals surface area contributed by atoms with Gasteiger partial charge in [-0.15, -0.1) is 0 Å². The summed E-state index contributed by atoms with van der Waals surface area (Å²) in [5, 5.41) is 0. The summed E-state index contributed by atoms with van der Waals surface area (Å²) in [7, 11) is 5.37. The van der Waals surface area contributed by atoms with Gasteiger partial charge in [0.25, 0.3) is 0 Å². The Morgan fingerprint density at radius 2 is 1.88 bits per heavy atom. The lowest BCUT2D eigenvalue weighted by Gasteiger charge is -2.14. The topological polar surface area (TPSA) is 3.24 Å². The molecule has 0 saturated heterocycles. The van der Waals surface area contributed by atoms with Gasteiger partial charge in [-0.3, -0.25) is 0 Å². The normalized spacial score (nSPS) is 10.5. The first kappa shape index (κ1) is 8.61. The maximum absolute atomic E-state index is 3.47. The predicted molar refractivity (Wildman–Crippen MR) is 40.2 cm³/mol. The first-order valence-electron chi connectivity index (χ1n) is 2.77. The van der Waals surface area contributed by atoms with E-state index in [0.717, 1.165) is 17.8 Å². The highest BCUT2D eigenvalue weighted by atomic mass is 29.5. The van der Waals surface area contributed by atoms with E-state index in [2.05, 4.69) is 28.2 Å². The standard InChI is InChI=1S/C4H10NSi3/c1-3-5(4-2)7-8-6/h3-4H2,1-2H3. The van der Waals surface area contributed by atoms with Crippen LogP contribution >= 0.6 is 0 Å². The van der Waals surface area contributed by atoms with Crippen molar-refractivity contribution in [3.63, 3.8) is 0 Å². The van der Waals surface area contributed by atoms with Crippen LogP contribution in [0.25, 0.3) is 0 Å². The monoisotopic (exact) mass is 156 g/mol. The Labute approximate surface area is 59.6 Å². The Kier molecular flexibility index (Phi) is 6.18. The van der Waals surface area contributed by atoms with Crippen LogP contribution in [-0.2, 0) is 0 Å². The highest BCUT2D eigenvalue weighted by Crippen LogP contribution is 1.78. The van der Waals surface area contributed by atoms with E-state index in [0.29, 0.717) is 0 Å². The van der Waals surface area contributed by atoms with Crippen LogP contribution in [0.3, 0.4) is 0 Å². The van der Waals surface area contributed by atoms with Crippen molar-refractivity contribution in [1.29, 1.82) is 0 Å². The second-order valence-corrected chi connectivity index (χ2v) is 6.19. The average molecular weight is 156 g/mol. The minimum absolute atomic E-state index is 0.911. The zero-order chi connectivity index (χ0) is 6.41. The molecule has 0 heterocycles. The summed E-state index contributed by atoms with van der Waals surface area (Å²) in [5.41, 5.74) is 0. The van der Waals surface area contributed by atoms with Crippen molar-refractivity contribution in [2.75, 3.05) is 13.1 Å². The van der Waals surface area contributed by atoms with Gasteiger partial charge in [0.2, 0.25) is 0 Å². The number of hydrogen-bond donors (Lipinski definition) is 0. The summed E-state index contributed by atoms with van der Waals surface area (Å²) in [4.78, 5) is 0. The van der Waals surface area contributed by atoms with Crippen LogP contribution < -0.4 is 0 Å². The van der Waals surface area contributed by atoms with Crippen LogP contribution in [0.5, 0.6) is 0 Å². The Morgan fingerprint density at radius 1 is 1.38 bits per heavy atom. The summed E-state index contributed by atoms with van der Waals surface area (Å²) >= 11 is 0. The van der Waals surface area contributed by atoms with Crippen molar-refractivity contribution in [3.05, 3.63) is 0 Å². The summed E-state index contributed by atoms with van der Waals surface area (Å²) in [6.07, 6.45) is 0. The molecule has 0 unspecified atom stereocenters. The van der Waals surface area contributed by atoms with Gasteiger partial charge < -0.3 is 4.57 Å². The first-order chi connectivity index (χ1) is 3.85. The van der Waals surface area contributed by atoms with Gasteiger partial charge in [-0.25, -0.2) is 0 Å². The molecule has 0 bridgehead atoms. The molecule has 4 heteroatoms. The maximum Gasteiger partial charge on any atom is 0.116 e. The fourth-order valence-corrected chi connectivity index (χ4v) is 3.78. The van der Waals surface area contributed by atoms with Crippen LogP contribution in [0.2, 0.25) is 0 Å². The lowest BCUT2D eigenvalue weighted by molar-refractivity contribution is 0.501. The van der Waals surface area contributed by atoms with Gasteiger partial charge in [-0.1, -0.05) is 13.8 Å². The minimum atomic E-state index is 0.911. The predicted octanol–water partition coefficient (Wildman–Crippen LogP) is -0.350. The molecule has 7 radical (unpaired) electrons. The molecular formula is C4H10NSi3. The first-order valence-corrected chi connectivity index (χ1v) is 7.22. The molecule has 0 spiro atoms. The quantitative estimate of drug-likeness (QED) is 0.503. The highest BCUT2D eigenvalue weighted by Gasteiger charge is 1.95. The van der Waals surface area contributed by atoms with Crippen molar-refractivity contribution in [2.45, 2.75) is 13.8 Å². The molecule has 0 N–H and O–H groups in total. The number of nitrogens with zero attached hydrogens (tertiary/aromatic N) is 1. The molecule has 0 amide bonds. The molecule has 0 fully saturated rings. The largest absolute Gasteiger partial charge is 0.329 e. The fraction of sp³-hybridized carbons (Fsp3) is 1.00. The van der Waals surface area contributed by atoms with E-state index in [1.54, 1.807) is 0 Å². The Bertz CT molecular complexity index is 46.5. The van der Waals surface area contributed by atoms with Gasteiger partial charge in [0, 0.05) is 18.3 Å². The van der Waals surface area contributed by atoms with Crippen molar-refractivity contribution in [2.24, 2.45) is 0 Å². The van der Waals surface area contributed by atoms with Gasteiger partial charge >= 0.3 is 0 Å². The van der Waals surface area contributed by atoms with Gasteiger partial charge in [-0.2, -0.15) is 0 Å². The van der Waals surface area contributed by atoms with E-state index < -0.39 is 0 Å². The molecule has 0 aliphatic rings. The Morgan fingerprint density at radius 3 is 2.00 bits per heavy atom. The van der Waals surface area contributed by atoms with Crippen molar-refractivity contribution in [1.82, 2.24) is 4.57 Å². The van der Waals surface area contributed by atoms with Crippen molar-refractivity contribution < 1.29 is 0 Å². The van der Waals surface area contributed by atoms with E-state index in [9.17, 15) is 0 Å². The molecule has 0 aromatic rings. The van der Waals surface area contributed by atoms with Gasteiger partial charge in [0.1, 0.15) is 9.20 Å². The third-order valence-electron chi connectivity index (χ3n) is 0.977. The molecular weight excluding hydrogens is 146 g/mol. The van der Waals surface area contributed by atoms with Crippen LogP contribution in [0.4, 0.5) is 0 Å². The van der Waals surface area contributed by atoms with Gasteiger partial charge in [0.15, 0.2) is 0 Å². The lowest BCUT2D eigenvalue weighted by atomic mass is 10.7. The zero-order valence-electron chi connectivity index (χ0n) is 5.36. The summed E-state index contributed by atoms with van der Waals surface area (Å²) in [6, 6.07) is 0. The van der Waals surface area contributed by atoms with Crippen LogP contribution in [0.1, 0.15) is 13.8 Å². The fourth-order valence-electron chi connectivity index (χ4n) is 0.461. The molecule has 0 aliphatic carbocycles. The van der Waals surface area contributed by atoms with Crippen LogP contribution in [0.15, 0.2) is 0 Å². The Balaban J connectivity index is 3.07. The van der Waals surface area contributed by atoms with Crippen molar-refractivity contribution in [3.8, 4) is 0 Å². The van der Waals surface area contributed by atoms with E-state index in [-0.39, 0.29) is 0 Å². The summed E-state index contributed by atoms with van der Waals surface area (Å²) in [6.45, 7) is 6.77. The molecule has 8 heavy (non-hydrogen) atoms. The van der Waals surface area contributed by atoms with Gasteiger partial charge in [-0.05, 0) is 13.1 Å². The van der Waals surface area contributed by atoms with Gasteiger partial charge in [0.05, 0.1) is 0 Å². The molecule has 0 saturated carbocycles. The SMILES string of the molecule is CCN(CC)[Si][Si][Si]. The second-order valence-electron chi connectivity index (χ2n) is 1.41.